The van der Waals surface area contributed by atoms with Crippen LogP contribution < -0.4 is 5.46 Å². The van der Waals surface area contributed by atoms with E-state index in [-0.39, 0.29) is 5.69 Å². The van der Waals surface area contributed by atoms with Gasteiger partial charge < -0.3 is 9.31 Å². The molecule has 0 radical (unpaired) electrons. The summed E-state index contributed by atoms with van der Waals surface area (Å²) in [5.41, 5.74) is 0.806. The molecule has 0 aliphatic rings. The Morgan fingerprint density at radius 1 is 1.21 bits per heavy atom. The summed E-state index contributed by atoms with van der Waals surface area (Å²) in [6.07, 6.45) is 0. The van der Waals surface area contributed by atoms with Crippen molar-refractivity contribution in [3.05, 3.63) is 34.4 Å². The number of benzene rings is 1. The molecular formula is C8H10BNO4. The molecule has 0 saturated heterocycles. The van der Waals surface area contributed by atoms with E-state index < -0.39 is 12.0 Å². The van der Waals surface area contributed by atoms with Crippen LogP contribution >= 0.6 is 0 Å². The van der Waals surface area contributed by atoms with Gasteiger partial charge >= 0.3 is 7.12 Å². The summed E-state index contributed by atoms with van der Waals surface area (Å²) in [5, 5.41) is 10.4. The number of nitro groups is 1. The average molecular weight is 195 g/mol. The summed E-state index contributed by atoms with van der Waals surface area (Å²) in [4.78, 5) is 9.92. The van der Waals surface area contributed by atoms with Crippen LogP contribution in [0.2, 0.25) is 0 Å². The van der Waals surface area contributed by atoms with Gasteiger partial charge in [0.25, 0.3) is 5.69 Å². The van der Waals surface area contributed by atoms with Gasteiger partial charge in [0.2, 0.25) is 0 Å². The molecule has 0 saturated carbocycles. The number of hydrogen-bond acceptors (Lipinski definition) is 4. The SMILES string of the molecule is COB(OC)c1ccc([N+](=O)[O-])cc1. The molecule has 0 atom stereocenters. The number of nitro benzene ring substituents is 1. The summed E-state index contributed by atoms with van der Waals surface area (Å²) >= 11 is 0. The maximum Gasteiger partial charge on any atom is 0.493 e. The smallest absolute Gasteiger partial charge is 0.410 e. The lowest BCUT2D eigenvalue weighted by Gasteiger charge is -2.07. The molecule has 1 rings (SSSR count). The molecular weight excluding hydrogens is 185 g/mol. The molecule has 1 aromatic carbocycles. The van der Waals surface area contributed by atoms with Crippen LogP contribution in [0.1, 0.15) is 0 Å². The van der Waals surface area contributed by atoms with E-state index in [9.17, 15) is 10.1 Å². The fourth-order valence-electron chi connectivity index (χ4n) is 1.12. The van der Waals surface area contributed by atoms with Gasteiger partial charge in [0.15, 0.2) is 0 Å². The van der Waals surface area contributed by atoms with Crippen molar-refractivity contribution in [3.63, 3.8) is 0 Å². The van der Waals surface area contributed by atoms with Crippen LogP contribution in [0.5, 0.6) is 0 Å². The van der Waals surface area contributed by atoms with Gasteiger partial charge in [-0.05, 0) is 5.46 Å². The number of hydrogen-bond donors (Lipinski definition) is 0. The molecule has 1 aromatic rings. The van der Waals surface area contributed by atoms with Crippen molar-refractivity contribution in [3.8, 4) is 0 Å². The van der Waals surface area contributed by atoms with Crippen molar-refractivity contribution in [2.45, 2.75) is 0 Å². The van der Waals surface area contributed by atoms with Crippen LogP contribution in [0.15, 0.2) is 24.3 Å². The van der Waals surface area contributed by atoms with Crippen LogP contribution in [-0.4, -0.2) is 26.3 Å². The molecule has 0 heterocycles. The van der Waals surface area contributed by atoms with E-state index in [1.165, 1.54) is 26.4 Å². The molecule has 6 heteroatoms. The Labute approximate surface area is 81.9 Å². The Morgan fingerprint density at radius 3 is 2.07 bits per heavy atom. The Balaban J connectivity index is 2.87. The van der Waals surface area contributed by atoms with E-state index in [2.05, 4.69) is 0 Å². The fraction of sp³-hybridized carbons (Fsp3) is 0.250. The molecule has 0 spiro atoms. The summed E-state index contributed by atoms with van der Waals surface area (Å²) in [6, 6.07) is 6.05. The van der Waals surface area contributed by atoms with Gasteiger partial charge in [0.05, 0.1) is 4.92 Å². The van der Waals surface area contributed by atoms with Crippen LogP contribution in [0.4, 0.5) is 5.69 Å². The topological polar surface area (TPSA) is 61.6 Å². The Hall–Kier alpha value is -1.40. The molecule has 5 nitrogen and oxygen atoms in total. The molecule has 14 heavy (non-hydrogen) atoms. The summed E-state index contributed by atoms with van der Waals surface area (Å²) < 4.78 is 9.99. The third-order valence-corrected chi connectivity index (χ3v) is 1.80. The van der Waals surface area contributed by atoms with Gasteiger partial charge in [0.1, 0.15) is 0 Å². The van der Waals surface area contributed by atoms with Crippen molar-refractivity contribution >= 4 is 18.3 Å². The first-order valence-corrected chi connectivity index (χ1v) is 3.99. The normalized spacial score (nSPS) is 9.86. The zero-order valence-electron chi connectivity index (χ0n) is 7.97. The predicted molar refractivity (Wildman–Crippen MR) is 52.5 cm³/mol. The number of non-ortho nitro benzene ring substituents is 1. The summed E-state index contributed by atoms with van der Waals surface area (Å²) in [7, 11) is 2.54. The van der Waals surface area contributed by atoms with E-state index in [0.717, 1.165) is 5.46 Å². The quantitative estimate of drug-likeness (QED) is 0.400. The van der Waals surface area contributed by atoms with E-state index in [4.69, 9.17) is 9.31 Å². The van der Waals surface area contributed by atoms with E-state index in [0.29, 0.717) is 0 Å². The van der Waals surface area contributed by atoms with Gasteiger partial charge in [-0.1, -0.05) is 12.1 Å². The predicted octanol–water partition coefficient (Wildman–Crippen LogP) is 0.583. The van der Waals surface area contributed by atoms with Crippen molar-refractivity contribution in [2.24, 2.45) is 0 Å². The second-order valence-corrected chi connectivity index (χ2v) is 2.65. The van der Waals surface area contributed by atoms with Crippen molar-refractivity contribution < 1.29 is 14.2 Å². The Kier molecular flexibility index (Phi) is 3.61. The van der Waals surface area contributed by atoms with Gasteiger partial charge in [-0.3, -0.25) is 10.1 Å². The third-order valence-electron chi connectivity index (χ3n) is 1.80. The molecule has 0 aliphatic heterocycles. The van der Waals surface area contributed by atoms with Gasteiger partial charge in [0, 0.05) is 26.4 Å². The van der Waals surface area contributed by atoms with Crippen LogP contribution in [0.3, 0.4) is 0 Å². The van der Waals surface area contributed by atoms with Crippen molar-refractivity contribution in [1.29, 1.82) is 0 Å². The zero-order chi connectivity index (χ0) is 10.6. The highest BCUT2D eigenvalue weighted by Crippen LogP contribution is 2.07. The summed E-state index contributed by atoms with van der Waals surface area (Å²) in [6.45, 7) is 0. The minimum atomic E-state index is -0.476. The monoisotopic (exact) mass is 195 g/mol. The highest BCUT2D eigenvalue weighted by Gasteiger charge is 2.18. The van der Waals surface area contributed by atoms with Crippen molar-refractivity contribution in [1.82, 2.24) is 0 Å². The number of rotatable bonds is 4. The van der Waals surface area contributed by atoms with Gasteiger partial charge in [-0.2, -0.15) is 0 Å². The van der Waals surface area contributed by atoms with Gasteiger partial charge in [-0.15, -0.1) is 0 Å². The van der Waals surface area contributed by atoms with Crippen LogP contribution in [0.25, 0.3) is 0 Å². The lowest BCUT2D eigenvalue weighted by Crippen LogP contribution is -2.34. The minimum Gasteiger partial charge on any atom is -0.410 e. The van der Waals surface area contributed by atoms with E-state index in [1.54, 1.807) is 12.1 Å². The third kappa shape index (κ3) is 2.30. The van der Waals surface area contributed by atoms with Crippen molar-refractivity contribution in [2.75, 3.05) is 14.2 Å². The molecule has 0 aliphatic carbocycles. The largest absolute Gasteiger partial charge is 0.493 e. The van der Waals surface area contributed by atoms with Crippen LogP contribution in [0, 0.1) is 10.1 Å². The van der Waals surface area contributed by atoms with E-state index >= 15 is 0 Å². The lowest BCUT2D eigenvalue weighted by molar-refractivity contribution is -0.384. The maximum absolute atomic E-state index is 10.4. The molecule has 0 amide bonds. The molecule has 0 unspecified atom stereocenters. The molecule has 0 N–H and O–H groups in total. The Bertz CT molecular complexity index is 310. The maximum atomic E-state index is 10.4. The molecule has 0 bridgehead atoms. The average Bonchev–Trinajstić information content (AvgIpc) is 2.20. The first-order chi connectivity index (χ1) is 6.69. The van der Waals surface area contributed by atoms with Crippen LogP contribution in [-0.2, 0) is 9.31 Å². The molecule has 74 valence electrons. The molecule has 0 fully saturated rings. The standard InChI is InChI=1S/C8H10BNO4/c1-13-9(14-2)7-3-5-8(6-4-7)10(11)12/h3-6H,1-2H3. The fourth-order valence-corrected chi connectivity index (χ4v) is 1.12. The molecule has 0 aromatic heterocycles. The zero-order valence-corrected chi connectivity index (χ0v) is 7.97. The first-order valence-electron chi connectivity index (χ1n) is 3.99. The number of nitrogens with zero attached hydrogens (tertiary/aromatic N) is 1. The highest BCUT2D eigenvalue weighted by molar-refractivity contribution is 6.61. The van der Waals surface area contributed by atoms with E-state index in [1.807, 2.05) is 0 Å². The summed E-state index contributed by atoms with van der Waals surface area (Å²) in [5.74, 6) is 0. The lowest BCUT2D eigenvalue weighted by atomic mass is 9.79. The second kappa shape index (κ2) is 4.73. The minimum absolute atomic E-state index is 0.0553. The second-order valence-electron chi connectivity index (χ2n) is 2.65. The first kappa shape index (κ1) is 10.7. The Morgan fingerprint density at radius 2 is 1.71 bits per heavy atom. The highest BCUT2D eigenvalue weighted by atomic mass is 16.6. The van der Waals surface area contributed by atoms with Gasteiger partial charge in [-0.25, -0.2) is 0 Å².